The molecule has 21 rings (SSSR count). The predicted octanol–water partition coefficient (Wildman–Crippen LogP) is 32.0. The molecule has 0 fully saturated rings. The quantitative estimate of drug-likeness (QED) is 0.102. The molecule has 0 unspecified atom stereocenters. The number of benzene rings is 17. The molecule has 546 valence electrons. The minimum atomic E-state index is -0.329. The molecule has 2 aliphatic carbocycles. The molecule has 0 radical (unpaired) electrons. The van der Waals surface area contributed by atoms with Gasteiger partial charge in [0.25, 0.3) is 0 Å². The summed E-state index contributed by atoms with van der Waals surface area (Å²) in [6.45, 7) is 15.9. The van der Waals surface area contributed by atoms with Crippen LogP contribution in [0.1, 0.15) is 67.3 Å². The van der Waals surface area contributed by atoms with Crippen molar-refractivity contribution in [1.29, 1.82) is 0 Å². The first kappa shape index (κ1) is 69.1. The van der Waals surface area contributed by atoms with Gasteiger partial charge in [-0.25, -0.2) is 0 Å². The number of hydrogen-bond donors (Lipinski definition) is 0. The predicted molar refractivity (Wildman–Crippen MR) is 491 cm³/mol. The van der Waals surface area contributed by atoms with Gasteiger partial charge in [0.2, 0.25) is 0 Å². The molecule has 0 spiro atoms. The second-order valence-corrected chi connectivity index (χ2v) is 32.8. The first-order valence-electron chi connectivity index (χ1n) is 39.9. The average molecular weight is 1490 g/mol. The zero-order valence-electron chi connectivity index (χ0n) is 64.8. The molecule has 0 saturated carbocycles. The van der Waals surface area contributed by atoms with Gasteiger partial charge in [0.05, 0.1) is 11.4 Å². The number of para-hydroxylation sites is 3. The molecule has 0 amide bonds. The number of allylic oxidation sites excluding steroid dienone is 1. The van der Waals surface area contributed by atoms with Crippen LogP contribution in [0.4, 0.5) is 34.1 Å². The standard InChI is InChI=1S/C111H80N2OS/c1-7-26-97-98-43-25-42-89(109(98)115-108(97)8-2)76-32-23-34-80(64-76)113(104-44-19-16-36-87(104)71-27-10-9-11-28-71)82-55-59-95-93-57-52-78(67-101(93)111(5,6)103(95)69-82)86-61-60-85(90-38-14-15-39-91(86)90)72-47-49-73(50-48-72)88-37-17-20-45-105(88)112(79-33-22-31-74(63-79)75-53-62-107-99(65-75)96-40-18-21-46-106(96)114-107)81-54-58-94-92-56-51-77(66-100(92)110(3,4)102(94)68-81)84-41-24-30-70-29-12-13-35-83(70)84/h7-69H,2H2,1,3-6H3/b26-7-. The first-order chi connectivity index (χ1) is 56.4. The molecule has 0 atom stereocenters. The van der Waals surface area contributed by atoms with E-state index in [-0.39, 0.29) is 10.8 Å². The van der Waals surface area contributed by atoms with Gasteiger partial charge in [-0.1, -0.05) is 325 Å². The molecule has 0 bridgehead atoms. The van der Waals surface area contributed by atoms with Crippen molar-refractivity contribution in [1.82, 2.24) is 0 Å². The lowest BCUT2D eigenvalue weighted by molar-refractivity contribution is 0.660. The third-order valence-corrected chi connectivity index (χ3v) is 25.8. The average Bonchev–Trinajstić information content (AvgIpc) is 1.60. The molecule has 3 nitrogen and oxygen atoms in total. The van der Waals surface area contributed by atoms with Crippen LogP contribution in [0.3, 0.4) is 0 Å². The summed E-state index contributed by atoms with van der Waals surface area (Å²) in [4.78, 5) is 6.14. The Hall–Kier alpha value is -13.9. The maximum Gasteiger partial charge on any atom is 0.135 e. The highest BCUT2D eigenvalue weighted by Crippen LogP contribution is 2.56. The van der Waals surface area contributed by atoms with E-state index in [4.69, 9.17) is 4.42 Å². The Kier molecular flexibility index (Phi) is 16.5. The smallest absolute Gasteiger partial charge is 0.135 e. The molecule has 115 heavy (non-hydrogen) atoms. The lowest BCUT2D eigenvalue weighted by atomic mass is 9.81. The number of nitrogens with zero attached hydrogens (tertiary/aromatic N) is 2. The van der Waals surface area contributed by atoms with Gasteiger partial charge in [0.15, 0.2) is 0 Å². The fourth-order valence-corrected chi connectivity index (χ4v) is 20.1. The van der Waals surface area contributed by atoms with E-state index in [0.29, 0.717) is 0 Å². The first-order valence-corrected chi connectivity index (χ1v) is 40.7. The molecular weight excluding hydrogens is 1410 g/mol. The lowest BCUT2D eigenvalue weighted by Gasteiger charge is -2.30. The van der Waals surface area contributed by atoms with Crippen LogP contribution < -0.4 is 9.80 Å². The molecule has 17 aromatic carbocycles. The number of rotatable bonds is 15. The van der Waals surface area contributed by atoms with Crippen molar-refractivity contribution in [2.75, 3.05) is 9.80 Å². The summed E-state index contributed by atoms with van der Waals surface area (Å²) in [5.74, 6) is 0. The fraction of sp³-hybridized carbons (Fsp3) is 0.0631. The van der Waals surface area contributed by atoms with Crippen LogP contribution >= 0.6 is 11.3 Å². The molecule has 2 aromatic heterocycles. The van der Waals surface area contributed by atoms with Crippen molar-refractivity contribution < 1.29 is 4.42 Å². The van der Waals surface area contributed by atoms with Crippen LogP contribution in [0.25, 0.3) is 166 Å². The maximum absolute atomic E-state index is 6.34. The van der Waals surface area contributed by atoms with E-state index in [1.807, 2.05) is 23.5 Å². The zero-order valence-corrected chi connectivity index (χ0v) is 65.6. The van der Waals surface area contributed by atoms with E-state index in [9.17, 15) is 0 Å². The highest BCUT2D eigenvalue weighted by atomic mass is 32.1. The molecule has 2 heterocycles. The third kappa shape index (κ3) is 11.4. The molecular formula is C111H80N2OS. The number of hydrogen-bond acceptors (Lipinski definition) is 4. The van der Waals surface area contributed by atoms with Crippen molar-refractivity contribution in [3.8, 4) is 100 Å². The van der Waals surface area contributed by atoms with Crippen molar-refractivity contribution in [3.63, 3.8) is 0 Å². The number of fused-ring (bicyclic) bond motifs is 12. The molecule has 0 aliphatic heterocycles. The Morgan fingerprint density at radius 2 is 0.678 bits per heavy atom. The summed E-state index contributed by atoms with van der Waals surface area (Å²) >= 11 is 1.81. The second kappa shape index (κ2) is 27.5. The molecule has 0 saturated heterocycles. The van der Waals surface area contributed by atoms with E-state index < -0.39 is 0 Å². The van der Waals surface area contributed by atoms with Gasteiger partial charge in [-0.15, -0.1) is 11.3 Å². The molecule has 19 aromatic rings. The van der Waals surface area contributed by atoms with Crippen LogP contribution in [-0.2, 0) is 10.8 Å². The Balaban J connectivity index is 0.623. The van der Waals surface area contributed by atoms with Crippen molar-refractivity contribution in [3.05, 3.63) is 409 Å². The number of thiophene rings is 1. The summed E-state index contributed by atoms with van der Waals surface area (Å²) in [5, 5.41) is 8.42. The van der Waals surface area contributed by atoms with E-state index in [1.54, 1.807) is 0 Å². The van der Waals surface area contributed by atoms with E-state index >= 15 is 0 Å². The maximum atomic E-state index is 6.34. The van der Waals surface area contributed by atoms with Gasteiger partial charge in [-0.2, -0.15) is 0 Å². The van der Waals surface area contributed by atoms with Crippen molar-refractivity contribution in [2.45, 2.75) is 45.4 Å². The number of furan rings is 1. The van der Waals surface area contributed by atoms with E-state index in [0.717, 1.165) is 89.4 Å². The molecule has 2 aliphatic rings. The largest absolute Gasteiger partial charge is 0.456 e. The van der Waals surface area contributed by atoms with Crippen LogP contribution in [0, 0.1) is 0 Å². The Morgan fingerprint density at radius 1 is 0.287 bits per heavy atom. The van der Waals surface area contributed by atoms with Gasteiger partial charge < -0.3 is 14.2 Å². The lowest BCUT2D eigenvalue weighted by Crippen LogP contribution is -2.17. The highest BCUT2D eigenvalue weighted by molar-refractivity contribution is 7.20. The minimum Gasteiger partial charge on any atom is -0.456 e. The monoisotopic (exact) mass is 1490 g/mol. The molecule has 4 heteroatoms. The summed E-state index contributed by atoms with van der Waals surface area (Å²) in [7, 11) is 0. The second-order valence-electron chi connectivity index (χ2n) is 31.8. The normalized spacial score (nSPS) is 13.1. The molecule has 0 N–H and O–H groups in total. The van der Waals surface area contributed by atoms with E-state index in [1.165, 1.54) is 131 Å². The highest BCUT2D eigenvalue weighted by Gasteiger charge is 2.39. The van der Waals surface area contributed by atoms with Gasteiger partial charge >= 0.3 is 0 Å². The van der Waals surface area contributed by atoms with Crippen molar-refractivity contribution >= 4 is 111 Å². The summed E-state index contributed by atoms with van der Waals surface area (Å²) in [6, 6.07) is 135. The van der Waals surface area contributed by atoms with Crippen LogP contribution in [-0.4, -0.2) is 0 Å². The Bertz CT molecular complexity index is 7200. The number of anilines is 6. The Morgan fingerprint density at radius 3 is 1.30 bits per heavy atom. The van der Waals surface area contributed by atoms with Gasteiger partial charge in [0.1, 0.15) is 11.2 Å². The van der Waals surface area contributed by atoms with E-state index in [2.05, 4.69) is 421 Å². The van der Waals surface area contributed by atoms with Gasteiger partial charge in [0, 0.05) is 70.4 Å². The third-order valence-electron chi connectivity index (χ3n) is 24.6. The Labute approximate surface area is 675 Å². The SMILES string of the molecule is C=Cc1sc2c(-c3cccc(N(c4ccc5c(c4)C(C)(C)c4cc(-c6ccc(-c7ccc(-c8ccccc8N(c8cccc(-c9ccc%10oc%11ccccc%11c%10c9)c8)c8ccc9c(c8)C(C)(C)c8cc(-c%10cccc%11ccccc%10%11)ccc8-9)cc7)c7ccccc67)ccc4-5)c4ccccc4-c4ccccc4)c3)cccc2c1/C=C\C. The fourth-order valence-electron chi connectivity index (χ4n) is 18.9. The van der Waals surface area contributed by atoms with Gasteiger partial charge in [-0.3, -0.25) is 0 Å². The van der Waals surface area contributed by atoms with Crippen LogP contribution in [0.15, 0.2) is 381 Å². The minimum absolute atomic E-state index is 0.292. The van der Waals surface area contributed by atoms with Gasteiger partial charge in [-0.05, 0) is 236 Å². The summed E-state index contributed by atoms with van der Waals surface area (Å²) < 4.78 is 7.60. The van der Waals surface area contributed by atoms with Crippen LogP contribution in [0.5, 0.6) is 0 Å². The van der Waals surface area contributed by atoms with Crippen LogP contribution in [0.2, 0.25) is 0 Å². The zero-order chi connectivity index (χ0) is 77.2. The van der Waals surface area contributed by atoms with Crippen molar-refractivity contribution in [2.24, 2.45) is 0 Å². The topological polar surface area (TPSA) is 19.6 Å². The summed E-state index contributed by atoms with van der Waals surface area (Å²) in [6.07, 6.45) is 6.33. The summed E-state index contributed by atoms with van der Waals surface area (Å²) in [5.41, 5.74) is 35.8.